The molecule has 0 aromatic heterocycles. The summed E-state index contributed by atoms with van der Waals surface area (Å²) in [7, 11) is 3.11. The van der Waals surface area contributed by atoms with Crippen LogP contribution in [0.15, 0.2) is 47.5 Å². The summed E-state index contributed by atoms with van der Waals surface area (Å²) in [6, 6.07) is 13.2. The van der Waals surface area contributed by atoms with Gasteiger partial charge in [-0.2, -0.15) is 0 Å². The number of methoxy groups -OCH3 is 2. The fraction of sp³-hybridized carbons (Fsp3) is 0.263. The van der Waals surface area contributed by atoms with Crippen molar-refractivity contribution in [1.29, 1.82) is 0 Å². The van der Waals surface area contributed by atoms with Crippen molar-refractivity contribution < 1.29 is 14.3 Å². The number of hydrogen-bond donors (Lipinski definition) is 2. The van der Waals surface area contributed by atoms with Crippen LogP contribution in [0.25, 0.3) is 0 Å². The zero-order valence-corrected chi connectivity index (χ0v) is 14.3. The second-order valence-corrected chi connectivity index (χ2v) is 5.61. The van der Waals surface area contributed by atoms with E-state index in [9.17, 15) is 4.79 Å². The van der Waals surface area contributed by atoms with Gasteiger partial charge in [-0.15, -0.1) is 0 Å². The molecule has 0 spiro atoms. The van der Waals surface area contributed by atoms with Gasteiger partial charge in [0.15, 0.2) is 0 Å². The van der Waals surface area contributed by atoms with Gasteiger partial charge in [-0.05, 0) is 17.7 Å². The van der Waals surface area contributed by atoms with Gasteiger partial charge in [-0.3, -0.25) is 9.79 Å². The summed E-state index contributed by atoms with van der Waals surface area (Å²) in [5.74, 6) is 1.87. The highest BCUT2D eigenvalue weighted by molar-refractivity contribution is 6.02. The highest BCUT2D eigenvalue weighted by Gasteiger charge is 2.14. The van der Waals surface area contributed by atoms with E-state index in [0.29, 0.717) is 36.7 Å². The Bertz CT molecular complexity index is 780. The van der Waals surface area contributed by atoms with Crippen LogP contribution in [0.2, 0.25) is 0 Å². The van der Waals surface area contributed by atoms with Crippen molar-refractivity contribution in [2.75, 3.05) is 27.3 Å². The maximum atomic E-state index is 12.3. The van der Waals surface area contributed by atoms with E-state index >= 15 is 0 Å². The Labute approximate surface area is 146 Å². The second kappa shape index (κ2) is 7.70. The van der Waals surface area contributed by atoms with Crippen LogP contribution >= 0.6 is 0 Å². The maximum absolute atomic E-state index is 12.3. The molecule has 0 radical (unpaired) electrons. The number of ether oxygens (including phenoxy) is 2. The number of hydrogen-bond acceptors (Lipinski definition) is 5. The Balaban J connectivity index is 1.52. The first-order valence-corrected chi connectivity index (χ1v) is 8.09. The number of amides is 1. The van der Waals surface area contributed by atoms with E-state index in [4.69, 9.17) is 9.47 Å². The molecule has 6 heteroatoms. The molecule has 0 atom stereocenters. The minimum absolute atomic E-state index is 0.173. The molecule has 25 heavy (non-hydrogen) atoms. The lowest BCUT2D eigenvalue weighted by atomic mass is 10.1. The van der Waals surface area contributed by atoms with Crippen LogP contribution < -0.4 is 20.1 Å². The Hall–Kier alpha value is -3.02. The predicted octanol–water partition coefficient (Wildman–Crippen LogP) is 1.98. The van der Waals surface area contributed by atoms with E-state index in [-0.39, 0.29) is 5.91 Å². The highest BCUT2D eigenvalue weighted by Crippen LogP contribution is 2.22. The van der Waals surface area contributed by atoms with Gasteiger partial charge in [-0.25, -0.2) is 0 Å². The zero-order valence-electron chi connectivity index (χ0n) is 14.3. The molecule has 2 aromatic carbocycles. The van der Waals surface area contributed by atoms with Gasteiger partial charge in [0, 0.05) is 30.3 Å². The van der Waals surface area contributed by atoms with Gasteiger partial charge in [0.05, 0.1) is 20.8 Å². The molecule has 0 bridgehead atoms. The molecule has 0 aliphatic carbocycles. The van der Waals surface area contributed by atoms with E-state index in [1.807, 2.05) is 12.1 Å². The molecular weight excluding hydrogens is 318 g/mol. The van der Waals surface area contributed by atoms with Crippen molar-refractivity contribution in [1.82, 2.24) is 10.6 Å². The zero-order chi connectivity index (χ0) is 17.6. The molecule has 0 saturated carbocycles. The average Bonchev–Trinajstić information content (AvgIpc) is 3.07. The molecule has 1 heterocycles. The third kappa shape index (κ3) is 3.91. The minimum Gasteiger partial charge on any atom is -0.497 e. The topological polar surface area (TPSA) is 72.0 Å². The van der Waals surface area contributed by atoms with E-state index in [2.05, 4.69) is 27.8 Å². The molecule has 1 aliphatic heterocycles. The molecule has 2 aromatic rings. The molecule has 0 fully saturated rings. The standard InChI is InChI=1S/C19H21N3O3/c1-24-15-9-14(10-16(11-15)25-2)19(23)21-8-7-20-18-17-6-4-3-5-13(17)12-22-18/h3-6,9-11H,7-8,12H2,1-2H3,(H,20,22)(H,21,23). The van der Waals surface area contributed by atoms with Gasteiger partial charge in [0.25, 0.3) is 5.91 Å². The van der Waals surface area contributed by atoms with E-state index in [0.717, 1.165) is 11.4 Å². The van der Waals surface area contributed by atoms with Gasteiger partial charge in [0.1, 0.15) is 17.3 Å². The first-order valence-electron chi connectivity index (χ1n) is 8.09. The van der Waals surface area contributed by atoms with Crippen molar-refractivity contribution in [2.24, 2.45) is 4.99 Å². The van der Waals surface area contributed by atoms with Gasteiger partial charge < -0.3 is 20.1 Å². The van der Waals surface area contributed by atoms with Crippen LogP contribution in [0, 0.1) is 0 Å². The Morgan fingerprint density at radius 1 is 1.08 bits per heavy atom. The highest BCUT2D eigenvalue weighted by atomic mass is 16.5. The fourth-order valence-corrected chi connectivity index (χ4v) is 2.69. The second-order valence-electron chi connectivity index (χ2n) is 5.61. The normalized spacial score (nSPS) is 12.2. The van der Waals surface area contributed by atoms with Crippen molar-refractivity contribution in [3.05, 3.63) is 59.2 Å². The van der Waals surface area contributed by atoms with Crippen molar-refractivity contribution in [3.8, 4) is 11.5 Å². The lowest BCUT2D eigenvalue weighted by Gasteiger charge is -2.10. The average molecular weight is 339 g/mol. The van der Waals surface area contributed by atoms with Gasteiger partial charge in [0.2, 0.25) is 0 Å². The summed E-state index contributed by atoms with van der Waals surface area (Å²) in [5.41, 5.74) is 2.85. The lowest BCUT2D eigenvalue weighted by molar-refractivity contribution is 0.0953. The number of benzene rings is 2. The number of carbonyl (C=O) groups is 1. The summed E-state index contributed by atoms with van der Waals surface area (Å²) < 4.78 is 10.4. The Kier molecular flexibility index (Phi) is 5.18. The first-order chi connectivity index (χ1) is 12.2. The predicted molar refractivity (Wildman–Crippen MR) is 96.6 cm³/mol. The molecule has 0 unspecified atom stereocenters. The third-order valence-corrected chi connectivity index (χ3v) is 4.00. The first kappa shape index (κ1) is 16.8. The molecule has 1 aliphatic rings. The van der Waals surface area contributed by atoms with Crippen LogP contribution in [0.5, 0.6) is 11.5 Å². The molecule has 0 saturated heterocycles. The van der Waals surface area contributed by atoms with Crippen LogP contribution in [-0.2, 0) is 6.54 Å². The number of carbonyl (C=O) groups excluding carboxylic acids is 1. The molecule has 2 N–H and O–H groups in total. The van der Waals surface area contributed by atoms with Crippen LogP contribution in [-0.4, -0.2) is 39.1 Å². The molecular formula is C19H21N3O3. The maximum Gasteiger partial charge on any atom is 0.251 e. The van der Waals surface area contributed by atoms with Crippen molar-refractivity contribution in [2.45, 2.75) is 6.54 Å². The van der Waals surface area contributed by atoms with E-state index in [1.54, 1.807) is 32.4 Å². The van der Waals surface area contributed by atoms with Crippen molar-refractivity contribution >= 4 is 11.7 Å². The smallest absolute Gasteiger partial charge is 0.251 e. The largest absolute Gasteiger partial charge is 0.497 e. The summed E-state index contributed by atoms with van der Waals surface area (Å²) in [5, 5.41) is 6.16. The number of rotatable bonds is 6. The SMILES string of the molecule is COc1cc(OC)cc(C(=O)NCCNC2=NCc3ccccc32)c1. The van der Waals surface area contributed by atoms with Gasteiger partial charge in [-0.1, -0.05) is 24.3 Å². The fourth-order valence-electron chi connectivity index (χ4n) is 2.69. The summed E-state index contributed by atoms with van der Waals surface area (Å²) in [4.78, 5) is 16.8. The monoisotopic (exact) mass is 339 g/mol. The molecule has 1 amide bonds. The molecule has 3 rings (SSSR count). The van der Waals surface area contributed by atoms with E-state index in [1.165, 1.54) is 5.56 Å². The van der Waals surface area contributed by atoms with Crippen LogP contribution in [0.4, 0.5) is 0 Å². The quantitative estimate of drug-likeness (QED) is 0.790. The number of amidine groups is 1. The number of fused-ring (bicyclic) bond motifs is 1. The van der Waals surface area contributed by atoms with Gasteiger partial charge >= 0.3 is 0 Å². The third-order valence-electron chi connectivity index (χ3n) is 4.00. The Morgan fingerprint density at radius 3 is 2.52 bits per heavy atom. The van der Waals surface area contributed by atoms with Crippen LogP contribution in [0.3, 0.4) is 0 Å². The number of nitrogens with zero attached hydrogens (tertiary/aromatic N) is 1. The lowest BCUT2D eigenvalue weighted by Crippen LogP contribution is -2.34. The summed E-state index contributed by atoms with van der Waals surface area (Å²) in [6.07, 6.45) is 0. The Morgan fingerprint density at radius 2 is 1.80 bits per heavy atom. The molecule has 6 nitrogen and oxygen atoms in total. The van der Waals surface area contributed by atoms with Crippen LogP contribution in [0.1, 0.15) is 21.5 Å². The van der Waals surface area contributed by atoms with Crippen molar-refractivity contribution in [3.63, 3.8) is 0 Å². The summed E-state index contributed by atoms with van der Waals surface area (Å²) >= 11 is 0. The van der Waals surface area contributed by atoms with E-state index < -0.39 is 0 Å². The molecule has 130 valence electrons. The number of aliphatic imine (C=N–C) groups is 1. The number of nitrogens with one attached hydrogen (secondary N) is 2. The minimum atomic E-state index is -0.173. The summed E-state index contributed by atoms with van der Waals surface area (Å²) in [6.45, 7) is 1.79.